The van der Waals surface area contributed by atoms with Crippen LogP contribution >= 0.6 is 0 Å². The van der Waals surface area contributed by atoms with E-state index >= 15 is 0 Å². The fourth-order valence-electron chi connectivity index (χ4n) is 1.17. The van der Waals surface area contributed by atoms with Crippen molar-refractivity contribution in [3.63, 3.8) is 0 Å². The molecule has 0 saturated heterocycles. The van der Waals surface area contributed by atoms with E-state index < -0.39 is 22.6 Å². The topological polar surface area (TPSA) is 103 Å². The maximum absolute atomic E-state index is 10.9. The molecule has 0 aliphatic carbocycles. The van der Waals surface area contributed by atoms with E-state index in [-0.39, 0.29) is 6.42 Å². The fourth-order valence-corrected chi connectivity index (χ4v) is 1.17. The van der Waals surface area contributed by atoms with Crippen molar-refractivity contribution in [1.29, 1.82) is 0 Å². The first-order valence-electron chi connectivity index (χ1n) is 4.37. The summed E-state index contributed by atoms with van der Waals surface area (Å²) in [6.07, 6.45) is 0.0987. The van der Waals surface area contributed by atoms with E-state index in [1.807, 2.05) is 4.98 Å². The number of carboxylic acid groups (broad SMARTS) is 1. The molecule has 1 rings (SSSR count). The average molecular weight is 212 g/mol. The van der Waals surface area contributed by atoms with Gasteiger partial charge in [0.1, 0.15) is 0 Å². The lowest BCUT2D eigenvalue weighted by Crippen LogP contribution is -2.30. The molecule has 0 aliphatic rings. The molecule has 1 aromatic heterocycles. The van der Waals surface area contributed by atoms with Gasteiger partial charge in [-0.3, -0.25) is 14.6 Å². The number of aliphatic carboxylic acids is 1. The van der Waals surface area contributed by atoms with Gasteiger partial charge in [0.15, 0.2) is 0 Å². The first-order valence-corrected chi connectivity index (χ1v) is 4.37. The Hall–Kier alpha value is -1.85. The zero-order valence-corrected chi connectivity index (χ0v) is 8.46. The van der Waals surface area contributed by atoms with Crippen LogP contribution < -0.4 is 11.2 Å². The largest absolute Gasteiger partial charge is 0.481 e. The van der Waals surface area contributed by atoms with Crippen LogP contribution in [0.5, 0.6) is 0 Å². The minimum atomic E-state index is -1.02. The number of aromatic amines is 2. The van der Waals surface area contributed by atoms with E-state index in [1.54, 1.807) is 0 Å². The quantitative estimate of drug-likeness (QED) is 0.640. The van der Waals surface area contributed by atoms with Crippen molar-refractivity contribution in [3.8, 4) is 0 Å². The summed E-state index contributed by atoms with van der Waals surface area (Å²) in [5.41, 5.74) is -1.86. The summed E-state index contributed by atoms with van der Waals surface area (Å²) >= 11 is 0. The van der Waals surface area contributed by atoms with Crippen LogP contribution in [-0.4, -0.2) is 21.0 Å². The van der Waals surface area contributed by atoms with Crippen LogP contribution in [0.1, 0.15) is 19.5 Å². The van der Waals surface area contributed by atoms with Gasteiger partial charge in [-0.05, 0) is 13.8 Å². The summed E-state index contributed by atoms with van der Waals surface area (Å²) in [5.74, 6) is -0.983. The zero-order valence-electron chi connectivity index (χ0n) is 8.46. The molecule has 82 valence electrons. The number of carbonyl (C=O) groups is 1. The van der Waals surface area contributed by atoms with Gasteiger partial charge in [0.2, 0.25) is 0 Å². The van der Waals surface area contributed by atoms with E-state index in [0.29, 0.717) is 5.69 Å². The minimum Gasteiger partial charge on any atom is -0.481 e. The van der Waals surface area contributed by atoms with Crippen molar-refractivity contribution in [2.45, 2.75) is 20.3 Å². The van der Waals surface area contributed by atoms with Crippen molar-refractivity contribution in [1.82, 2.24) is 9.97 Å². The van der Waals surface area contributed by atoms with Crippen molar-refractivity contribution >= 4 is 5.97 Å². The Morgan fingerprint density at radius 1 is 1.40 bits per heavy atom. The van der Waals surface area contributed by atoms with Gasteiger partial charge >= 0.3 is 11.7 Å². The summed E-state index contributed by atoms with van der Waals surface area (Å²) in [5, 5.41) is 8.86. The summed E-state index contributed by atoms with van der Waals surface area (Å²) in [6, 6.07) is 1.19. The first-order chi connectivity index (χ1) is 6.81. The second kappa shape index (κ2) is 3.72. The molecule has 0 fully saturated rings. The number of carboxylic acids is 1. The van der Waals surface area contributed by atoms with Crippen molar-refractivity contribution in [2.75, 3.05) is 0 Å². The molecular weight excluding hydrogens is 200 g/mol. The van der Waals surface area contributed by atoms with Crippen molar-refractivity contribution in [3.05, 3.63) is 32.6 Å². The second-order valence-corrected chi connectivity index (χ2v) is 3.98. The lowest BCUT2D eigenvalue weighted by atomic mass is 9.88. The standard InChI is InChI=1S/C9H12N2O4/c1-9(2,7(13)14)4-5-3-6(12)11-8(15)10-5/h3H,4H2,1-2H3,(H,13,14)(H2,10,11,12,15). The van der Waals surface area contributed by atoms with Gasteiger partial charge in [0, 0.05) is 18.2 Å². The molecule has 0 saturated carbocycles. The molecule has 0 radical (unpaired) electrons. The molecule has 6 heteroatoms. The van der Waals surface area contributed by atoms with Crippen LogP contribution in [-0.2, 0) is 11.2 Å². The number of rotatable bonds is 3. The molecule has 3 N–H and O–H groups in total. The molecule has 0 aliphatic heterocycles. The predicted molar refractivity (Wildman–Crippen MR) is 52.8 cm³/mol. The van der Waals surface area contributed by atoms with Gasteiger partial charge in [0.05, 0.1) is 5.41 Å². The monoisotopic (exact) mass is 212 g/mol. The van der Waals surface area contributed by atoms with Crippen LogP contribution in [0.3, 0.4) is 0 Å². The van der Waals surface area contributed by atoms with Crippen LogP contribution in [0, 0.1) is 5.41 Å². The zero-order chi connectivity index (χ0) is 11.6. The molecule has 0 spiro atoms. The summed E-state index contributed by atoms with van der Waals surface area (Å²) in [7, 11) is 0. The normalized spacial score (nSPS) is 11.3. The Kier molecular flexibility index (Phi) is 2.78. The molecule has 0 bridgehead atoms. The SMILES string of the molecule is CC(C)(Cc1cc(=O)[nH]c(=O)[nH]1)C(=O)O. The summed E-state index contributed by atoms with van der Waals surface area (Å²) in [4.78, 5) is 37.1. The summed E-state index contributed by atoms with van der Waals surface area (Å²) in [6.45, 7) is 3.05. The first kappa shape index (κ1) is 11.2. The third kappa shape index (κ3) is 2.80. The van der Waals surface area contributed by atoms with Crippen molar-refractivity contribution in [2.24, 2.45) is 5.41 Å². The number of H-pyrrole nitrogens is 2. The van der Waals surface area contributed by atoms with Crippen molar-refractivity contribution < 1.29 is 9.90 Å². The molecular formula is C9H12N2O4. The molecule has 1 heterocycles. The summed E-state index contributed by atoms with van der Waals surface area (Å²) < 4.78 is 0. The van der Waals surface area contributed by atoms with Crippen LogP contribution in [0.2, 0.25) is 0 Å². The molecule has 1 aromatic rings. The number of aromatic nitrogens is 2. The Bertz CT molecular complexity index is 455. The minimum absolute atomic E-state index is 0.0987. The second-order valence-electron chi connectivity index (χ2n) is 3.98. The lowest BCUT2D eigenvalue weighted by Gasteiger charge is -2.18. The van der Waals surface area contributed by atoms with E-state index in [0.717, 1.165) is 0 Å². The lowest BCUT2D eigenvalue weighted by molar-refractivity contribution is -0.146. The highest BCUT2D eigenvalue weighted by molar-refractivity contribution is 5.73. The Morgan fingerprint density at radius 3 is 2.47 bits per heavy atom. The molecule has 0 atom stereocenters. The Labute approximate surface area is 85.0 Å². The third-order valence-electron chi connectivity index (χ3n) is 2.03. The van der Waals surface area contributed by atoms with Crippen LogP contribution in [0.15, 0.2) is 15.7 Å². The van der Waals surface area contributed by atoms with Gasteiger partial charge in [-0.15, -0.1) is 0 Å². The molecule has 15 heavy (non-hydrogen) atoms. The van der Waals surface area contributed by atoms with E-state index in [1.165, 1.54) is 19.9 Å². The Morgan fingerprint density at radius 2 is 2.00 bits per heavy atom. The Balaban J connectivity index is 3.05. The maximum Gasteiger partial charge on any atom is 0.325 e. The highest BCUT2D eigenvalue weighted by atomic mass is 16.4. The average Bonchev–Trinajstić information content (AvgIpc) is 1.99. The highest BCUT2D eigenvalue weighted by Crippen LogP contribution is 2.19. The number of hydrogen-bond donors (Lipinski definition) is 3. The fraction of sp³-hybridized carbons (Fsp3) is 0.444. The van der Waals surface area contributed by atoms with Gasteiger partial charge < -0.3 is 10.1 Å². The smallest absolute Gasteiger partial charge is 0.325 e. The van der Waals surface area contributed by atoms with E-state index in [4.69, 9.17) is 5.11 Å². The number of nitrogens with one attached hydrogen (secondary N) is 2. The molecule has 0 amide bonds. The van der Waals surface area contributed by atoms with E-state index in [2.05, 4.69) is 4.98 Å². The molecule has 0 aromatic carbocycles. The van der Waals surface area contributed by atoms with Gasteiger partial charge in [0.25, 0.3) is 5.56 Å². The highest BCUT2D eigenvalue weighted by Gasteiger charge is 2.27. The van der Waals surface area contributed by atoms with E-state index in [9.17, 15) is 14.4 Å². The molecule has 0 unspecified atom stereocenters. The molecule has 6 nitrogen and oxygen atoms in total. The maximum atomic E-state index is 10.9. The predicted octanol–water partition coefficient (Wildman–Crippen LogP) is -0.283. The van der Waals surface area contributed by atoms with Crippen LogP contribution in [0.4, 0.5) is 0 Å². The number of hydrogen-bond acceptors (Lipinski definition) is 3. The third-order valence-corrected chi connectivity index (χ3v) is 2.03. The van der Waals surface area contributed by atoms with Gasteiger partial charge in [-0.2, -0.15) is 0 Å². The van der Waals surface area contributed by atoms with Crippen LogP contribution in [0.25, 0.3) is 0 Å². The van der Waals surface area contributed by atoms with Gasteiger partial charge in [-0.25, -0.2) is 4.79 Å². The van der Waals surface area contributed by atoms with Gasteiger partial charge in [-0.1, -0.05) is 0 Å².